The van der Waals surface area contributed by atoms with Crippen LogP contribution in [0.5, 0.6) is 11.5 Å². The van der Waals surface area contributed by atoms with Gasteiger partial charge in [0.15, 0.2) is 5.75 Å². The highest BCUT2D eigenvalue weighted by Gasteiger charge is 2.46. The first kappa shape index (κ1) is 28.7. The van der Waals surface area contributed by atoms with Crippen LogP contribution in [0.1, 0.15) is 51.4 Å². The van der Waals surface area contributed by atoms with Crippen molar-refractivity contribution in [2.75, 3.05) is 37.7 Å². The number of carbonyl (C=O) groups is 2. The van der Waals surface area contributed by atoms with Crippen molar-refractivity contribution in [3.8, 4) is 28.8 Å². The van der Waals surface area contributed by atoms with Gasteiger partial charge in [0.25, 0.3) is 5.91 Å². The van der Waals surface area contributed by atoms with E-state index in [0.29, 0.717) is 6.42 Å². The Bertz CT molecular complexity index is 1430. The highest BCUT2D eigenvalue weighted by molar-refractivity contribution is 6.35. The molecule has 2 fully saturated rings. The van der Waals surface area contributed by atoms with Crippen LogP contribution in [0.2, 0.25) is 5.02 Å². The zero-order valence-corrected chi connectivity index (χ0v) is 24.5. The second-order valence-corrected chi connectivity index (χ2v) is 12.7. The highest BCUT2D eigenvalue weighted by Crippen LogP contribution is 2.48. The average Bonchev–Trinajstić information content (AvgIpc) is 3.12. The minimum atomic E-state index is -0.744. The van der Waals surface area contributed by atoms with Gasteiger partial charge in [0.05, 0.1) is 23.6 Å². The third kappa shape index (κ3) is 5.21. The number of nitriles is 1. The first-order valence-electron chi connectivity index (χ1n) is 13.5. The Hall–Kier alpha value is -3.78. The van der Waals surface area contributed by atoms with Gasteiger partial charge >= 0.3 is 6.09 Å². The SMILES string of the molecule is CC(C)(C)OC(=O)N1CCN2C(=O)c3c(N4CC(C#N)CC4(C)C)nc(-c4c(O)cccc4F)c(Cl)c3OC[C@H]2C1. The monoisotopic (exact) mass is 585 g/mol. The maximum atomic E-state index is 15.1. The lowest BCUT2D eigenvalue weighted by Crippen LogP contribution is -2.58. The number of halogens is 2. The standard InChI is InChI=1S/C29H33ClFN5O5/c1-28(2,3)41-27(39)34-9-10-35-17(14-34)15-40-24-21(26(35)38)25(36-13-16(12-32)11-29(36,4)5)33-23(22(24)30)20-18(31)7-6-8-19(20)37/h6-8,16-17,37H,9-11,13-15H2,1-5H3/t16?,17-/m1/s1. The number of benzene rings is 1. The van der Waals surface area contributed by atoms with Gasteiger partial charge in [0, 0.05) is 31.7 Å². The summed E-state index contributed by atoms with van der Waals surface area (Å²) in [6.07, 6.45) is 0.0418. The number of phenols is 1. The summed E-state index contributed by atoms with van der Waals surface area (Å²) in [4.78, 5) is 36.8. The van der Waals surface area contributed by atoms with Gasteiger partial charge < -0.3 is 29.3 Å². The molecule has 2 amide bonds. The number of hydrogen-bond donors (Lipinski definition) is 1. The Kier molecular flexibility index (Phi) is 7.18. The van der Waals surface area contributed by atoms with E-state index in [1.807, 2.05) is 18.7 Å². The average molecular weight is 586 g/mol. The Morgan fingerprint density at radius 3 is 2.63 bits per heavy atom. The van der Waals surface area contributed by atoms with Gasteiger partial charge in [-0.3, -0.25) is 4.79 Å². The fourth-order valence-corrected chi connectivity index (χ4v) is 6.04. The summed E-state index contributed by atoms with van der Waals surface area (Å²) in [6, 6.07) is 5.66. The van der Waals surface area contributed by atoms with E-state index >= 15 is 4.39 Å². The van der Waals surface area contributed by atoms with Crippen molar-refractivity contribution >= 4 is 29.4 Å². The number of amides is 2. The molecule has 1 aromatic carbocycles. The molecule has 2 aromatic rings. The lowest BCUT2D eigenvalue weighted by atomic mass is 9.97. The number of fused-ring (bicyclic) bond motifs is 2. The number of anilines is 1. The maximum Gasteiger partial charge on any atom is 0.410 e. The Balaban J connectivity index is 1.62. The van der Waals surface area contributed by atoms with Gasteiger partial charge in [-0.15, -0.1) is 0 Å². The zero-order valence-electron chi connectivity index (χ0n) is 23.7. The van der Waals surface area contributed by atoms with Gasteiger partial charge in [-0.05, 0) is 53.2 Å². The molecule has 218 valence electrons. The van der Waals surface area contributed by atoms with Crippen LogP contribution in [0, 0.1) is 23.1 Å². The number of phenolic OH excluding ortho intramolecular Hbond substituents is 1. The van der Waals surface area contributed by atoms with Crippen LogP contribution in [0.15, 0.2) is 18.2 Å². The normalized spacial score (nSPS) is 21.9. The molecule has 0 bridgehead atoms. The maximum absolute atomic E-state index is 15.1. The number of aromatic nitrogens is 1. The number of carbonyl (C=O) groups excluding carboxylic acids is 2. The minimum absolute atomic E-state index is 0.00805. The van der Waals surface area contributed by atoms with Gasteiger partial charge in [0.2, 0.25) is 0 Å². The van der Waals surface area contributed by atoms with Crippen molar-refractivity contribution in [3.63, 3.8) is 0 Å². The molecule has 1 unspecified atom stereocenters. The molecule has 0 aliphatic carbocycles. The molecule has 3 aliphatic rings. The highest BCUT2D eigenvalue weighted by atomic mass is 35.5. The van der Waals surface area contributed by atoms with E-state index in [1.54, 1.807) is 30.6 Å². The van der Waals surface area contributed by atoms with Crippen LogP contribution in [0.25, 0.3) is 11.3 Å². The lowest BCUT2D eigenvalue weighted by molar-refractivity contribution is 0.000952. The van der Waals surface area contributed by atoms with E-state index < -0.39 is 35.0 Å². The van der Waals surface area contributed by atoms with Crippen LogP contribution in [0.3, 0.4) is 0 Å². The van der Waals surface area contributed by atoms with Crippen LogP contribution < -0.4 is 9.64 Å². The number of aromatic hydroxyl groups is 1. The molecule has 2 saturated heterocycles. The van der Waals surface area contributed by atoms with E-state index in [-0.39, 0.29) is 77.9 Å². The van der Waals surface area contributed by atoms with E-state index in [0.717, 1.165) is 0 Å². The molecule has 0 radical (unpaired) electrons. The number of ether oxygens (including phenoxy) is 2. The summed E-state index contributed by atoms with van der Waals surface area (Å²) in [5.41, 5.74) is -1.44. The lowest BCUT2D eigenvalue weighted by Gasteiger charge is -2.40. The summed E-state index contributed by atoms with van der Waals surface area (Å²) >= 11 is 6.81. The molecule has 5 rings (SSSR count). The number of hydrogen-bond acceptors (Lipinski definition) is 8. The summed E-state index contributed by atoms with van der Waals surface area (Å²) in [7, 11) is 0. The van der Waals surface area contributed by atoms with Crippen molar-refractivity contribution in [2.45, 2.75) is 58.2 Å². The molecule has 12 heteroatoms. The largest absolute Gasteiger partial charge is 0.507 e. The van der Waals surface area contributed by atoms with Crippen molar-refractivity contribution in [3.05, 3.63) is 34.6 Å². The number of rotatable bonds is 2. The van der Waals surface area contributed by atoms with Gasteiger partial charge in [-0.2, -0.15) is 5.26 Å². The minimum Gasteiger partial charge on any atom is -0.507 e. The third-order valence-corrected chi connectivity index (χ3v) is 8.00. The summed E-state index contributed by atoms with van der Waals surface area (Å²) in [6.45, 7) is 10.2. The molecule has 1 aromatic heterocycles. The quantitative estimate of drug-likeness (QED) is 0.532. The molecular formula is C29H33ClFN5O5. The first-order valence-corrected chi connectivity index (χ1v) is 13.9. The van der Waals surface area contributed by atoms with Crippen molar-refractivity contribution in [1.29, 1.82) is 5.26 Å². The molecule has 10 nitrogen and oxygen atoms in total. The fourth-order valence-electron chi connectivity index (χ4n) is 5.75. The topological polar surface area (TPSA) is 119 Å². The van der Waals surface area contributed by atoms with Gasteiger partial charge in [-0.25, -0.2) is 14.2 Å². The van der Waals surface area contributed by atoms with Crippen molar-refractivity contribution < 1.29 is 28.6 Å². The van der Waals surface area contributed by atoms with Crippen LogP contribution in [-0.2, 0) is 4.74 Å². The van der Waals surface area contributed by atoms with Crippen LogP contribution >= 0.6 is 11.6 Å². The Morgan fingerprint density at radius 2 is 2.00 bits per heavy atom. The molecule has 2 atom stereocenters. The third-order valence-electron chi connectivity index (χ3n) is 7.65. The molecule has 0 spiro atoms. The fraction of sp³-hybridized carbons (Fsp3) is 0.517. The van der Waals surface area contributed by atoms with E-state index in [4.69, 9.17) is 26.1 Å². The number of nitrogens with zero attached hydrogens (tertiary/aromatic N) is 5. The number of piperazine rings is 1. The van der Waals surface area contributed by atoms with E-state index in [2.05, 4.69) is 6.07 Å². The molecule has 3 aliphatic heterocycles. The van der Waals surface area contributed by atoms with E-state index in [1.165, 1.54) is 18.2 Å². The first-order chi connectivity index (χ1) is 19.2. The zero-order chi connectivity index (χ0) is 29.9. The Morgan fingerprint density at radius 1 is 1.27 bits per heavy atom. The van der Waals surface area contributed by atoms with Crippen LogP contribution in [-0.4, -0.2) is 81.9 Å². The van der Waals surface area contributed by atoms with Crippen molar-refractivity contribution in [1.82, 2.24) is 14.8 Å². The summed E-state index contributed by atoms with van der Waals surface area (Å²) < 4.78 is 26.8. The van der Waals surface area contributed by atoms with E-state index in [9.17, 15) is 20.0 Å². The molecule has 4 heterocycles. The second kappa shape index (κ2) is 10.2. The predicted octanol–water partition coefficient (Wildman–Crippen LogP) is 4.83. The molecular weight excluding hydrogens is 553 g/mol. The molecule has 0 saturated carbocycles. The summed E-state index contributed by atoms with van der Waals surface area (Å²) in [5.74, 6) is -1.61. The molecule has 1 N–H and O–H groups in total. The molecule has 41 heavy (non-hydrogen) atoms. The summed E-state index contributed by atoms with van der Waals surface area (Å²) in [5, 5.41) is 20.2. The predicted molar refractivity (Wildman–Crippen MR) is 150 cm³/mol. The smallest absolute Gasteiger partial charge is 0.410 e. The second-order valence-electron chi connectivity index (χ2n) is 12.3. The van der Waals surface area contributed by atoms with Crippen LogP contribution in [0.4, 0.5) is 15.0 Å². The number of pyridine rings is 1. The van der Waals surface area contributed by atoms with Gasteiger partial charge in [0.1, 0.15) is 45.9 Å². The Labute approximate surface area is 243 Å². The van der Waals surface area contributed by atoms with Crippen molar-refractivity contribution in [2.24, 2.45) is 5.92 Å². The van der Waals surface area contributed by atoms with Gasteiger partial charge in [-0.1, -0.05) is 17.7 Å².